The minimum atomic E-state index is -1.01. The maximum absolute atomic E-state index is 11.9. The molecule has 0 spiro atoms. The molecule has 0 saturated carbocycles. The van der Waals surface area contributed by atoms with Crippen molar-refractivity contribution in [2.24, 2.45) is 0 Å². The molecular weight excluding hydrogens is 416 g/mol. The summed E-state index contributed by atoms with van der Waals surface area (Å²) in [5.74, 6) is -0.418. The molecule has 1 aliphatic rings. The molecule has 0 bridgehead atoms. The van der Waals surface area contributed by atoms with Crippen LogP contribution in [0.4, 0.5) is 10.9 Å². The number of hydrogen-bond donors (Lipinski definition) is 2. The van der Waals surface area contributed by atoms with Crippen molar-refractivity contribution in [3.63, 3.8) is 0 Å². The molecule has 3 aromatic rings. The predicted molar refractivity (Wildman–Crippen MR) is 124 cm³/mol. The number of aromatic carboxylic acids is 1. The Labute approximate surface area is 183 Å². The minimum Gasteiger partial charge on any atom is -0.478 e. The highest BCUT2D eigenvalue weighted by Gasteiger charge is 2.21. The van der Waals surface area contributed by atoms with Crippen molar-refractivity contribution in [1.29, 1.82) is 0 Å². The fourth-order valence-corrected chi connectivity index (χ4v) is 5.29. The van der Waals surface area contributed by atoms with Gasteiger partial charge in [0.15, 0.2) is 5.13 Å². The second-order valence-electron chi connectivity index (χ2n) is 7.66. The smallest absolute Gasteiger partial charge is 0.339 e. The lowest BCUT2D eigenvalue weighted by atomic mass is 10.0. The molecule has 1 aliphatic heterocycles. The average Bonchev–Trinajstić information content (AvgIpc) is 3.39. The fraction of sp³-hybridized carbons (Fsp3) is 0.318. The van der Waals surface area contributed by atoms with Gasteiger partial charge >= 0.3 is 5.97 Å². The van der Waals surface area contributed by atoms with E-state index in [1.54, 1.807) is 34.9 Å². The van der Waals surface area contributed by atoms with Crippen molar-refractivity contribution in [3.8, 4) is 10.4 Å². The van der Waals surface area contributed by atoms with Gasteiger partial charge in [-0.25, -0.2) is 14.8 Å². The zero-order valence-corrected chi connectivity index (χ0v) is 18.8. The Morgan fingerprint density at radius 3 is 2.83 bits per heavy atom. The van der Waals surface area contributed by atoms with Gasteiger partial charge in [0.1, 0.15) is 11.4 Å². The number of carbonyl (C=O) groups is 1. The summed E-state index contributed by atoms with van der Waals surface area (Å²) in [5, 5.41) is 15.5. The van der Waals surface area contributed by atoms with Gasteiger partial charge in [-0.2, -0.15) is 0 Å². The monoisotopic (exact) mass is 440 g/mol. The predicted octanol–water partition coefficient (Wildman–Crippen LogP) is 5.55. The molecular formula is C22H24N4O2S2. The van der Waals surface area contributed by atoms with Gasteiger partial charge in [-0.3, -0.25) is 0 Å². The van der Waals surface area contributed by atoms with Crippen LogP contribution in [0, 0.1) is 0 Å². The maximum atomic E-state index is 11.9. The van der Waals surface area contributed by atoms with Crippen molar-refractivity contribution in [3.05, 3.63) is 52.0 Å². The number of nitrogens with zero attached hydrogens (tertiary/aromatic N) is 3. The first-order chi connectivity index (χ1) is 14.4. The Balaban J connectivity index is 1.67. The van der Waals surface area contributed by atoms with E-state index in [1.807, 2.05) is 17.5 Å². The molecule has 30 heavy (non-hydrogen) atoms. The van der Waals surface area contributed by atoms with E-state index in [9.17, 15) is 9.90 Å². The summed E-state index contributed by atoms with van der Waals surface area (Å²) in [7, 11) is 2.12. The van der Waals surface area contributed by atoms with Crippen LogP contribution in [-0.2, 0) is 0 Å². The summed E-state index contributed by atoms with van der Waals surface area (Å²) in [6, 6.07) is 5.56. The number of thiazole rings is 1. The van der Waals surface area contributed by atoms with Crippen LogP contribution >= 0.6 is 22.7 Å². The Morgan fingerprint density at radius 1 is 1.37 bits per heavy atom. The van der Waals surface area contributed by atoms with E-state index in [4.69, 9.17) is 4.98 Å². The molecule has 0 unspecified atom stereocenters. The first-order valence-electron chi connectivity index (χ1n) is 9.85. The molecule has 6 nitrogen and oxygen atoms in total. The molecule has 0 atom stereocenters. The molecule has 4 heterocycles. The molecule has 0 radical (unpaired) electrons. The number of aromatic nitrogens is 2. The maximum Gasteiger partial charge on any atom is 0.339 e. The third-order valence-corrected chi connectivity index (χ3v) is 7.03. The quantitative estimate of drug-likeness (QED) is 0.523. The lowest BCUT2D eigenvalue weighted by Gasteiger charge is -2.22. The molecule has 8 heteroatoms. The van der Waals surface area contributed by atoms with E-state index < -0.39 is 5.97 Å². The second kappa shape index (κ2) is 8.67. The van der Waals surface area contributed by atoms with Gasteiger partial charge in [0, 0.05) is 29.7 Å². The van der Waals surface area contributed by atoms with Crippen LogP contribution < -0.4 is 5.32 Å². The summed E-state index contributed by atoms with van der Waals surface area (Å²) < 4.78 is 0. The molecule has 0 aliphatic carbocycles. The zero-order chi connectivity index (χ0) is 21.3. The largest absolute Gasteiger partial charge is 0.478 e. The number of hydrogen-bond acceptors (Lipinski definition) is 7. The standard InChI is InChI=1S/C22H24N4O2S2/c1-13(2)18-19(14-6-8-26(3)9-7-14)30-22(24-18)25-20-16(21(27)28)11-15(12-23-20)17-5-4-10-29-17/h4-6,10-13H,7-9H2,1-3H3,(H,27,28)(H,23,24,25). The van der Waals surface area contributed by atoms with Crippen molar-refractivity contribution in [1.82, 2.24) is 14.9 Å². The Bertz CT molecular complexity index is 1090. The van der Waals surface area contributed by atoms with Gasteiger partial charge in [0.05, 0.1) is 10.6 Å². The van der Waals surface area contributed by atoms with E-state index in [2.05, 4.69) is 42.2 Å². The third kappa shape index (κ3) is 4.30. The fourth-order valence-electron chi connectivity index (χ4n) is 3.39. The summed E-state index contributed by atoms with van der Waals surface area (Å²) in [6.45, 7) is 6.23. The van der Waals surface area contributed by atoms with Gasteiger partial charge in [-0.15, -0.1) is 11.3 Å². The Kier molecular flexibility index (Phi) is 5.99. The number of carboxylic acid groups (broad SMARTS) is 1. The molecule has 2 N–H and O–H groups in total. The molecule has 3 aromatic heterocycles. The van der Waals surface area contributed by atoms with Crippen LogP contribution in [0.5, 0.6) is 0 Å². The lowest BCUT2D eigenvalue weighted by Crippen LogP contribution is -2.23. The van der Waals surface area contributed by atoms with Crippen molar-refractivity contribution < 1.29 is 9.90 Å². The van der Waals surface area contributed by atoms with Crippen LogP contribution in [0.2, 0.25) is 0 Å². The Hall–Kier alpha value is -2.55. The van der Waals surface area contributed by atoms with E-state index in [0.717, 1.165) is 35.6 Å². The topological polar surface area (TPSA) is 78.3 Å². The molecule has 0 amide bonds. The van der Waals surface area contributed by atoms with E-state index in [0.29, 0.717) is 10.9 Å². The van der Waals surface area contributed by atoms with Gasteiger partial charge < -0.3 is 15.3 Å². The summed E-state index contributed by atoms with van der Waals surface area (Å²) in [5.41, 5.74) is 3.31. The van der Waals surface area contributed by atoms with Crippen molar-refractivity contribution >= 4 is 45.2 Å². The minimum absolute atomic E-state index is 0.141. The second-order valence-corrected chi connectivity index (χ2v) is 9.60. The highest BCUT2D eigenvalue weighted by atomic mass is 32.1. The zero-order valence-electron chi connectivity index (χ0n) is 17.2. The number of carboxylic acids is 1. The molecule has 156 valence electrons. The summed E-state index contributed by atoms with van der Waals surface area (Å²) in [4.78, 5) is 25.6. The van der Waals surface area contributed by atoms with Crippen molar-refractivity contribution in [2.45, 2.75) is 26.2 Å². The lowest BCUT2D eigenvalue weighted by molar-refractivity contribution is 0.0697. The van der Waals surface area contributed by atoms with Crippen molar-refractivity contribution in [2.75, 3.05) is 25.5 Å². The summed E-state index contributed by atoms with van der Waals surface area (Å²) >= 11 is 3.13. The van der Waals surface area contributed by atoms with Crippen LogP contribution in [0.15, 0.2) is 35.9 Å². The number of anilines is 2. The third-order valence-electron chi connectivity index (χ3n) is 5.05. The van der Waals surface area contributed by atoms with Crippen LogP contribution in [0.3, 0.4) is 0 Å². The van der Waals surface area contributed by atoms with Gasteiger partial charge in [0.2, 0.25) is 0 Å². The SMILES string of the molecule is CC(C)c1nc(Nc2ncc(-c3cccs3)cc2C(=O)O)sc1C1=CCN(C)CC1. The first-order valence-corrected chi connectivity index (χ1v) is 11.5. The normalized spacial score (nSPS) is 14.7. The number of pyridine rings is 1. The van der Waals surface area contributed by atoms with E-state index in [-0.39, 0.29) is 11.5 Å². The van der Waals surface area contributed by atoms with Crippen LogP contribution in [-0.4, -0.2) is 46.1 Å². The average molecular weight is 441 g/mol. The number of likely N-dealkylation sites (N-methyl/N-ethyl adjacent to an activating group) is 1. The molecule has 4 rings (SSSR count). The van der Waals surface area contributed by atoms with Crippen LogP contribution in [0.25, 0.3) is 16.0 Å². The number of rotatable bonds is 6. The van der Waals surface area contributed by atoms with Gasteiger partial charge in [0.25, 0.3) is 0 Å². The number of nitrogens with one attached hydrogen (secondary N) is 1. The molecule has 0 aromatic carbocycles. The van der Waals surface area contributed by atoms with Gasteiger partial charge in [-0.05, 0) is 42.5 Å². The van der Waals surface area contributed by atoms with E-state index in [1.165, 1.54) is 10.5 Å². The molecule has 0 saturated heterocycles. The number of thiophene rings is 1. The van der Waals surface area contributed by atoms with Crippen LogP contribution in [0.1, 0.15) is 47.1 Å². The highest BCUT2D eigenvalue weighted by Crippen LogP contribution is 2.38. The Morgan fingerprint density at radius 2 is 2.20 bits per heavy atom. The molecule has 0 fully saturated rings. The van der Waals surface area contributed by atoms with E-state index >= 15 is 0 Å². The summed E-state index contributed by atoms with van der Waals surface area (Å²) in [6.07, 6.45) is 4.97. The highest BCUT2D eigenvalue weighted by molar-refractivity contribution is 7.16. The first kappa shape index (κ1) is 20.7. The van der Waals surface area contributed by atoms with Gasteiger partial charge in [-0.1, -0.05) is 37.3 Å².